The fraction of sp³-hybridized carbons (Fsp3) is 0.344. The van der Waals surface area contributed by atoms with E-state index in [4.69, 9.17) is 14.6 Å². The van der Waals surface area contributed by atoms with Crippen LogP contribution in [0.4, 0.5) is 0 Å². The minimum atomic E-state index is -0.754. The van der Waals surface area contributed by atoms with Gasteiger partial charge in [-0.3, -0.25) is 0 Å². The van der Waals surface area contributed by atoms with E-state index in [1.807, 2.05) is 91.9 Å². The first kappa shape index (κ1) is 27.9. The van der Waals surface area contributed by atoms with Gasteiger partial charge >= 0.3 is 11.9 Å². The van der Waals surface area contributed by atoms with Crippen molar-refractivity contribution in [3.05, 3.63) is 94.0 Å². The zero-order valence-corrected chi connectivity index (χ0v) is 24.0. The predicted molar refractivity (Wildman–Crippen MR) is 152 cm³/mol. The molecule has 0 saturated heterocycles. The van der Waals surface area contributed by atoms with E-state index in [-0.39, 0.29) is 12.2 Å². The summed E-state index contributed by atoms with van der Waals surface area (Å²) in [5.74, 6) is -1.72. The van der Waals surface area contributed by atoms with Crippen LogP contribution < -0.4 is 5.32 Å². The zero-order chi connectivity index (χ0) is 28.4. The van der Waals surface area contributed by atoms with Crippen molar-refractivity contribution in [2.24, 2.45) is 0 Å². The molecule has 1 aliphatic rings. The number of carbonyl (C=O) groups is 2. The average Bonchev–Trinajstić information content (AvgIpc) is 3.29. The van der Waals surface area contributed by atoms with Gasteiger partial charge in [0.25, 0.3) is 0 Å². The van der Waals surface area contributed by atoms with E-state index in [1.54, 1.807) is 4.68 Å². The highest BCUT2D eigenvalue weighted by Gasteiger charge is 2.41. The van der Waals surface area contributed by atoms with Gasteiger partial charge in [-0.05, 0) is 79.2 Å². The Bertz CT molecular complexity index is 1420. The Kier molecular flexibility index (Phi) is 8.09. The van der Waals surface area contributed by atoms with E-state index in [2.05, 4.69) is 23.5 Å². The number of aromatic nitrogens is 2. The van der Waals surface area contributed by atoms with Gasteiger partial charge in [-0.1, -0.05) is 35.9 Å². The maximum atomic E-state index is 13.6. The molecule has 1 N–H and O–H groups in total. The number of hydrogen-bond acceptors (Lipinski definition) is 6. The fourth-order valence-electron chi connectivity index (χ4n) is 4.91. The number of hydrogen-bond donors (Lipinski definition) is 1. The highest BCUT2D eigenvalue weighted by atomic mass is 16.5. The summed E-state index contributed by atoms with van der Waals surface area (Å²) in [6, 6.07) is 16.0. The van der Waals surface area contributed by atoms with Crippen molar-refractivity contribution < 1.29 is 19.1 Å². The van der Waals surface area contributed by atoms with Gasteiger partial charge in [0.2, 0.25) is 0 Å². The second-order valence-electron chi connectivity index (χ2n) is 10.6. The number of esters is 2. The summed E-state index contributed by atoms with van der Waals surface area (Å²) in [5, 5.41) is 8.27. The van der Waals surface area contributed by atoms with Crippen LogP contribution in [0.5, 0.6) is 0 Å². The van der Waals surface area contributed by atoms with Crippen LogP contribution in [0.15, 0.2) is 77.3 Å². The summed E-state index contributed by atoms with van der Waals surface area (Å²) < 4.78 is 13.2. The summed E-state index contributed by atoms with van der Waals surface area (Å²) in [7, 11) is 0. The zero-order valence-electron chi connectivity index (χ0n) is 24.0. The highest BCUT2D eigenvalue weighted by molar-refractivity contribution is 6.00. The van der Waals surface area contributed by atoms with E-state index in [9.17, 15) is 9.59 Å². The van der Waals surface area contributed by atoms with Crippen LogP contribution in [0, 0.1) is 13.8 Å². The molecule has 204 valence electrons. The SMILES string of the molecule is CC1=C(C(=O)OC(C)C)C(c2cn(-c3ccccc3)nc2-c2cc(C)ccc2C)C(C(=O)OC(C)C)=C(C)N1. The summed E-state index contributed by atoms with van der Waals surface area (Å²) in [4.78, 5) is 27.2. The average molecular weight is 528 g/mol. The molecular formula is C32H37N3O4. The van der Waals surface area contributed by atoms with Crippen LogP contribution in [0.2, 0.25) is 0 Å². The number of ether oxygens (including phenoxy) is 2. The van der Waals surface area contributed by atoms with Crippen molar-refractivity contribution in [2.75, 3.05) is 0 Å². The molecule has 0 atom stereocenters. The maximum Gasteiger partial charge on any atom is 0.337 e. The first-order valence-electron chi connectivity index (χ1n) is 13.3. The molecule has 0 amide bonds. The van der Waals surface area contributed by atoms with Crippen molar-refractivity contribution in [2.45, 2.75) is 73.5 Å². The lowest BCUT2D eigenvalue weighted by Gasteiger charge is -2.31. The second kappa shape index (κ2) is 11.3. The van der Waals surface area contributed by atoms with Crippen molar-refractivity contribution in [1.29, 1.82) is 0 Å². The number of benzene rings is 2. The predicted octanol–water partition coefficient (Wildman–Crippen LogP) is 6.29. The van der Waals surface area contributed by atoms with Crippen molar-refractivity contribution in [3.63, 3.8) is 0 Å². The maximum absolute atomic E-state index is 13.6. The minimum absolute atomic E-state index is 0.331. The molecule has 1 aromatic heterocycles. The summed E-state index contributed by atoms with van der Waals surface area (Å²) in [5.41, 5.74) is 7.31. The Hall–Kier alpha value is -4.13. The Labute approximate surface area is 230 Å². The minimum Gasteiger partial charge on any atom is -0.460 e. The summed E-state index contributed by atoms with van der Waals surface area (Å²) in [6.07, 6.45) is 1.25. The molecule has 7 heteroatoms. The quantitative estimate of drug-likeness (QED) is 0.364. The van der Waals surface area contributed by atoms with Gasteiger partial charge in [-0.2, -0.15) is 5.10 Å². The highest BCUT2D eigenvalue weighted by Crippen LogP contribution is 2.44. The van der Waals surface area contributed by atoms with Crippen LogP contribution in [-0.2, 0) is 19.1 Å². The molecule has 0 bridgehead atoms. The standard InChI is InChI=1S/C32H37N3O4/c1-18(2)38-31(36)27-22(7)33-23(8)28(32(37)39-19(3)4)29(27)26-17-35(24-12-10-9-11-13-24)34-30(26)25-16-20(5)14-15-21(25)6/h9-19,29,33H,1-8H3. The Morgan fingerprint density at radius 1 is 0.846 bits per heavy atom. The molecule has 0 unspecified atom stereocenters. The van der Waals surface area contributed by atoms with Gasteiger partial charge < -0.3 is 14.8 Å². The van der Waals surface area contributed by atoms with Crippen LogP contribution in [0.1, 0.15) is 64.2 Å². The number of dihydropyridines is 1. The van der Waals surface area contributed by atoms with Crippen molar-refractivity contribution in [3.8, 4) is 16.9 Å². The number of carbonyl (C=O) groups excluding carboxylic acids is 2. The number of aryl methyl sites for hydroxylation is 2. The lowest BCUT2D eigenvalue weighted by molar-refractivity contribution is -0.143. The normalized spacial score (nSPS) is 14.2. The van der Waals surface area contributed by atoms with Crippen molar-refractivity contribution >= 4 is 11.9 Å². The Morgan fingerprint density at radius 2 is 1.41 bits per heavy atom. The van der Waals surface area contributed by atoms with E-state index >= 15 is 0 Å². The number of para-hydroxylation sites is 1. The smallest absolute Gasteiger partial charge is 0.337 e. The summed E-state index contributed by atoms with van der Waals surface area (Å²) >= 11 is 0. The lowest BCUT2D eigenvalue weighted by atomic mass is 9.79. The van der Waals surface area contributed by atoms with Gasteiger partial charge in [-0.15, -0.1) is 0 Å². The molecular weight excluding hydrogens is 490 g/mol. The van der Waals surface area contributed by atoms with E-state index in [0.717, 1.165) is 27.9 Å². The van der Waals surface area contributed by atoms with E-state index in [1.165, 1.54) is 0 Å². The molecule has 39 heavy (non-hydrogen) atoms. The molecule has 3 aromatic rings. The molecule has 0 fully saturated rings. The van der Waals surface area contributed by atoms with Gasteiger partial charge in [0.05, 0.1) is 40.7 Å². The topological polar surface area (TPSA) is 82.5 Å². The van der Waals surface area contributed by atoms with Gasteiger partial charge in [0.1, 0.15) is 0 Å². The summed E-state index contributed by atoms with van der Waals surface area (Å²) in [6.45, 7) is 15.0. The third-order valence-electron chi connectivity index (χ3n) is 6.61. The first-order chi connectivity index (χ1) is 18.5. The molecule has 2 aromatic carbocycles. The number of rotatable bonds is 7. The molecule has 0 radical (unpaired) electrons. The fourth-order valence-corrected chi connectivity index (χ4v) is 4.91. The third kappa shape index (κ3) is 5.82. The first-order valence-corrected chi connectivity index (χ1v) is 13.3. The van der Waals surface area contributed by atoms with Gasteiger partial charge in [0.15, 0.2) is 0 Å². The van der Waals surface area contributed by atoms with Crippen LogP contribution in [-0.4, -0.2) is 33.9 Å². The second-order valence-corrected chi connectivity index (χ2v) is 10.6. The monoisotopic (exact) mass is 527 g/mol. The molecule has 7 nitrogen and oxygen atoms in total. The van der Waals surface area contributed by atoms with E-state index < -0.39 is 17.9 Å². The lowest BCUT2D eigenvalue weighted by Crippen LogP contribution is -2.33. The van der Waals surface area contributed by atoms with Gasteiger partial charge in [-0.25, -0.2) is 14.3 Å². The third-order valence-corrected chi connectivity index (χ3v) is 6.61. The molecule has 0 saturated carbocycles. The molecule has 1 aliphatic heterocycles. The Morgan fingerprint density at radius 3 is 1.95 bits per heavy atom. The molecule has 4 rings (SSSR count). The molecule has 2 heterocycles. The molecule has 0 aliphatic carbocycles. The van der Waals surface area contributed by atoms with Crippen molar-refractivity contribution in [1.82, 2.24) is 15.1 Å². The van der Waals surface area contributed by atoms with E-state index in [0.29, 0.717) is 28.2 Å². The molecule has 0 spiro atoms. The largest absolute Gasteiger partial charge is 0.460 e. The van der Waals surface area contributed by atoms with Crippen LogP contribution in [0.25, 0.3) is 16.9 Å². The number of nitrogens with zero attached hydrogens (tertiary/aromatic N) is 2. The number of allylic oxidation sites excluding steroid dienone is 2. The number of nitrogens with one attached hydrogen (secondary N) is 1. The van der Waals surface area contributed by atoms with Crippen LogP contribution >= 0.6 is 0 Å². The van der Waals surface area contributed by atoms with Gasteiger partial charge in [0, 0.05) is 28.7 Å². The Balaban J connectivity index is 2.04. The van der Waals surface area contributed by atoms with Crippen LogP contribution in [0.3, 0.4) is 0 Å².